The van der Waals surface area contributed by atoms with Crippen LogP contribution in [0, 0.1) is 0 Å². The molecule has 0 aliphatic rings. The van der Waals surface area contributed by atoms with Crippen molar-refractivity contribution in [2.24, 2.45) is 0 Å². The minimum absolute atomic E-state index is 1.22. The molecule has 0 saturated heterocycles. The van der Waals surface area contributed by atoms with Crippen LogP contribution in [0.25, 0.3) is 197 Å². The Labute approximate surface area is 606 Å². The molecule has 0 aromatic heterocycles. The van der Waals surface area contributed by atoms with Gasteiger partial charge in [0.2, 0.25) is 0 Å². The molecule has 484 valence electrons. The van der Waals surface area contributed by atoms with Crippen molar-refractivity contribution in [1.29, 1.82) is 0 Å². The van der Waals surface area contributed by atoms with Crippen molar-refractivity contribution in [3.63, 3.8) is 0 Å². The summed E-state index contributed by atoms with van der Waals surface area (Å²) in [7, 11) is 0. The standard InChI is InChI=1S/2C52H34/c1-3-17-35(18-4-1)37-21-15-23-39(33-37)49-41-25-7-11-29-45(41)51(46-30-12-8-26-42(46)49)52-47-31-13-9-27-43(47)50(44-28-10-14-32-48(44)52)40-24-16-22-38(34-40)36-19-5-2-6-20-36;1-3-15-35(16-4-1)37-27-31-39(32-28-37)49-41-19-7-11-23-45(41)51(46-24-12-8-20-42(46)49)52-47-25-13-9-21-43(47)50(44-22-10-14-26-48(44)52)40-33-29-38(30-34-40)36-17-5-2-6-18-36/h2*1-34H. The Hall–Kier alpha value is -13.5. The predicted octanol–water partition coefficient (Wildman–Crippen LogP) is 29.3. The van der Waals surface area contributed by atoms with Crippen LogP contribution in [0.5, 0.6) is 0 Å². The summed E-state index contributed by atoms with van der Waals surface area (Å²) in [6.45, 7) is 0. The third kappa shape index (κ3) is 10.8. The molecule has 0 heteroatoms. The minimum Gasteiger partial charge on any atom is -0.0622 e. The molecule has 0 heterocycles. The fraction of sp³-hybridized carbons (Fsp3) is 0. The van der Waals surface area contributed by atoms with Crippen molar-refractivity contribution in [1.82, 2.24) is 0 Å². The van der Waals surface area contributed by atoms with Gasteiger partial charge in [-0.3, -0.25) is 0 Å². The highest BCUT2D eigenvalue weighted by Gasteiger charge is 2.25. The zero-order valence-electron chi connectivity index (χ0n) is 57.3. The lowest BCUT2D eigenvalue weighted by molar-refractivity contribution is 1.61. The zero-order valence-corrected chi connectivity index (χ0v) is 57.3. The van der Waals surface area contributed by atoms with Gasteiger partial charge in [0.05, 0.1) is 0 Å². The van der Waals surface area contributed by atoms with Crippen molar-refractivity contribution in [2.75, 3.05) is 0 Å². The number of hydrogen-bond donors (Lipinski definition) is 0. The highest BCUT2D eigenvalue weighted by Crippen LogP contribution is 2.53. The van der Waals surface area contributed by atoms with Gasteiger partial charge in [-0.15, -0.1) is 0 Å². The normalized spacial score (nSPS) is 11.5. The van der Waals surface area contributed by atoms with Crippen LogP contribution in [0.4, 0.5) is 0 Å². The maximum absolute atomic E-state index is 2.35. The Morgan fingerprint density at radius 3 is 0.423 bits per heavy atom. The van der Waals surface area contributed by atoms with Crippen molar-refractivity contribution in [3.8, 4) is 111 Å². The summed E-state index contributed by atoms with van der Waals surface area (Å²) in [4.78, 5) is 0. The van der Waals surface area contributed by atoms with Gasteiger partial charge in [-0.25, -0.2) is 0 Å². The highest BCUT2D eigenvalue weighted by atomic mass is 14.3. The third-order valence-corrected chi connectivity index (χ3v) is 21.3. The van der Waals surface area contributed by atoms with Crippen LogP contribution in [0.2, 0.25) is 0 Å². The van der Waals surface area contributed by atoms with E-state index in [9.17, 15) is 0 Å². The van der Waals surface area contributed by atoms with Gasteiger partial charge in [-0.2, -0.15) is 0 Å². The Balaban J connectivity index is 0.000000143. The first-order valence-corrected chi connectivity index (χ1v) is 36.0. The van der Waals surface area contributed by atoms with Gasteiger partial charge in [0, 0.05) is 0 Å². The van der Waals surface area contributed by atoms with Gasteiger partial charge < -0.3 is 0 Å². The molecule has 0 radical (unpaired) electrons. The highest BCUT2D eigenvalue weighted by molar-refractivity contribution is 6.32. The predicted molar refractivity (Wildman–Crippen MR) is 447 cm³/mol. The van der Waals surface area contributed by atoms with Gasteiger partial charge in [-0.1, -0.05) is 400 Å². The van der Waals surface area contributed by atoms with E-state index >= 15 is 0 Å². The summed E-state index contributed by atoms with van der Waals surface area (Å²) in [5, 5.41) is 20.2. The number of benzene rings is 20. The smallest absolute Gasteiger partial charge is 0.00139 e. The lowest BCUT2D eigenvalue weighted by atomic mass is 9.81. The van der Waals surface area contributed by atoms with E-state index in [1.807, 2.05) is 0 Å². The van der Waals surface area contributed by atoms with Crippen LogP contribution >= 0.6 is 0 Å². The van der Waals surface area contributed by atoms with Gasteiger partial charge >= 0.3 is 0 Å². The SMILES string of the molecule is c1ccc(-c2ccc(-c3c4ccccc4c(-c4c5ccccc5c(-c5ccc(-c6ccccc6)cc5)c5ccccc45)c4ccccc34)cc2)cc1.c1ccc(-c2cccc(-c3c4ccccc4c(-c4c5ccccc5c(-c5cccc(-c6ccccc6)c5)c5ccccc45)c4ccccc34)c2)cc1. The minimum atomic E-state index is 1.22. The quantitative estimate of drug-likeness (QED) is 0.120. The summed E-state index contributed by atoms with van der Waals surface area (Å²) in [5.41, 5.74) is 24.9. The number of fused-ring (bicyclic) bond motifs is 8. The van der Waals surface area contributed by atoms with Crippen molar-refractivity contribution in [2.45, 2.75) is 0 Å². The van der Waals surface area contributed by atoms with Crippen LogP contribution in [0.1, 0.15) is 0 Å². The molecule has 20 rings (SSSR count). The molecule has 0 aliphatic carbocycles. The maximum Gasteiger partial charge on any atom is -0.00139 e. The lowest BCUT2D eigenvalue weighted by Crippen LogP contribution is -1.95. The Bertz CT molecular complexity index is 6020. The third-order valence-electron chi connectivity index (χ3n) is 21.3. The summed E-state index contributed by atoms with van der Waals surface area (Å²) in [6, 6.07) is 151. The molecule has 104 heavy (non-hydrogen) atoms. The molecule has 0 atom stereocenters. The van der Waals surface area contributed by atoms with Crippen LogP contribution in [0.3, 0.4) is 0 Å². The number of rotatable bonds is 10. The molecule has 0 amide bonds. The first-order valence-electron chi connectivity index (χ1n) is 36.0. The molecule has 20 aromatic rings. The molecule has 0 nitrogen and oxygen atoms in total. The van der Waals surface area contributed by atoms with Crippen molar-refractivity contribution < 1.29 is 0 Å². The second-order valence-electron chi connectivity index (χ2n) is 27.1. The largest absolute Gasteiger partial charge is 0.0622 e. The summed E-state index contributed by atoms with van der Waals surface area (Å²) < 4.78 is 0. The van der Waals surface area contributed by atoms with Crippen molar-refractivity contribution in [3.05, 3.63) is 413 Å². The summed E-state index contributed by atoms with van der Waals surface area (Å²) in [5.74, 6) is 0. The average Bonchev–Trinajstić information content (AvgIpc) is 0.717. The van der Waals surface area contributed by atoms with Crippen LogP contribution in [-0.4, -0.2) is 0 Å². The summed E-state index contributed by atoms with van der Waals surface area (Å²) >= 11 is 0. The lowest BCUT2D eigenvalue weighted by Gasteiger charge is -2.22. The second kappa shape index (κ2) is 26.5. The zero-order chi connectivity index (χ0) is 68.9. The van der Waals surface area contributed by atoms with Gasteiger partial charge in [-0.05, 0) is 210 Å². The first kappa shape index (κ1) is 61.6. The van der Waals surface area contributed by atoms with Crippen LogP contribution in [0.15, 0.2) is 413 Å². The molecule has 0 unspecified atom stereocenters. The van der Waals surface area contributed by atoms with E-state index in [2.05, 4.69) is 413 Å². The number of hydrogen-bond acceptors (Lipinski definition) is 0. The molecule has 0 saturated carbocycles. The van der Waals surface area contributed by atoms with E-state index in [0.717, 1.165) is 0 Å². The molecule has 0 spiro atoms. The van der Waals surface area contributed by atoms with Gasteiger partial charge in [0.25, 0.3) is 0 Å². The van der Waals surface area contributed by atoms with E-state index in [1.165, 1.54) is 197 Å². The molecule has 0 bridgehead atoms. The van der Waals surface area contributed by atoms with Crippen LogP contribution in [-0.2, 0) is 0 Å². The Kier molecular flexibility index (Phi) is 15.7. The van der Waals surface area contributed by atoms with E-state index in [0.29, 0.717) is 0 Å². The van der Waals surface area contributed by atoms with Crippen LogP contribution < -0.4 is 0 Å². The molecule has 20 aromatic carbocycles. The first-order chi connectivity index (χ1) is 51.7. The topological polar surface area (TPSA) is 0 Å². The fourth-order valence-electron chi connectivity index (χ4n) is 16.7. The Morgan fingerprint density at radius 2 is 0.212 bits per heavy atom. The van der Waals surface area contributed by atoms with E-state index in [-0.39, 0.29) is 0 Å². The second-order valence-corrected chi connectivity index (χ2v) is 27.1. The Morgan fingerprint density at radius 1 is 0.0769 bits per heavy atom. The molecule has 0 N–H and O–H groups in total. The molecular formula is C104H68. The van der Waals surface area contributed by atoms with Crippen molar-refractivity contribution >= 4 is 86.2 Å². The van der Waals surface area contributed by atoms with Gasteiger partial charge in [0.1, 0.15) is 0 Å². The van der Waals surface area contributed by atoms with Gasteiger partial charge in [0.15, 0.2) is 0 Å². The monoisotopic (exact) mass is 1320 g/mol. The molecule has 0 fully saturated rings. The summed E-state index contributed by atoms with van der Waals surface area (Å²) in [6.07, 6.45) is 0. The van der Waals surface area contributed by atoms with E-state index in [1.54, 1.807) is 0 Å². The van der Waals surface area contributed by atoms with E-state index in [4.69, 9.17) is 0 Å². The van der Waals surface area contributed by atoms with E-state index < -0.39 is 0 Å². The molecule has 0 aliphatic heterocycles. The molecular weight excluding hydrogens is 1250 g/mol. The fourth-order valence-corrected chi connectivity index (χ4v) is 16.7. The average molecular weight is 1320 g/mol. The maximum atomic E-state index is 2.35.